The molecular formula is C25H28ClF6N7O3. The van der Waals surface area contributed by atoms with E-state index in [2.05, 4.69) is 30.0 Å². The Morgan fingerprint density at radius 3 is 2.24 bits per heavy atom. The maximum absolute atomic E-state index is 13.5. The van der Waals surface area contributed by atoms with E-state index in [4.69, 9.17) is 26.2 Å². The lowest BCUT2D eigenvalue weighted by Crippen LogP contribution is -2.47. The summed E-state index contributed by atoms with van der Waals surface area (Å²) in [6, 6.07) is 3.76. The van der Waals surface area contributed by atoms with E-state index in [0.717, 1.165) is 36.6 Å². The molecule has 42 heavy (non-hydrogen) atoms. The van der Waals surface area contributed by atoms with E-state index in [1.807, 2.05) is 24.0 Å². The van der Waals surface area contributed by atoms with Crippen LogP contribution in [-0.2, 0) is 11.0 Å². The standard InChI is InChI=1S/C23H27ClF3N7O.C2HF3O2/c1-15-17(12-16(24)13-18(15)35-11-10-32-4-2-3-5-32)33-6-8-34(9-7-33)22-19-20(23(25,26)27)30-31-21(19)28-14-29-22;3-2(4,5)1(6)7/h12-14H,2-11H2,1H3,(H,28,29,30,31);(H,6,7). The molecule has 2 aromatic heterocycles. The third-order valence-corrected chi connectivity index (χ3v) is 7.16. The van der Waals surface area contributed by atoms with Crippen LogP contribution in [0.25, 0.3) is 11.0 Å². The normalized spacial score (nSPS) is 16.5. The van der Waals surface area contributed by atoms with Crippen molar-refractivity contribution >= 4 is 40.1 Å². The first kappa shape index (κ1) is 31.4. The third kappa shape index (κ3) is 7.45. The summed E-state index contributed by atoms with van der Waals surface area (Å²) in [5.74, 6) is -1.75. The quantitative estimate of drug-likeness (QED) is 0.375. The molecule has 2 fully saturated rings. The van der Waals surface area contributed by atoms with Crippen molar-refractivity contribution < 1.29 is 41.0 Å². The number of piperazine rings is 1. The summed E-state index contributed by atoms with van der Waals surface area (Å²) >= 11 is 6.42. The van der Waals surface area contributed by atoms with Gasteiger partial charge in [0.2, 0.25) is 0 Å². The summed E-state index contributed by atoms with van der Waals surface area (Å²) in [4.78, 5) is 23.4. The van der Waals surface area contributed by atoms with Crippen LogP contribution in [0.1, 0.15) is 24.1 Å². The number of rotatable bonds is 6. The Labute approximate surface area is 241 Å². The van der Waals surface area contributed by atoms with Gasteiger partial charge in [-0.2, -0.15) is 31.4 Å². The highest BCUT2D eigenvalue weighted by Crippen LogP contribution is 2.37. The molecule has 0 saturated carbocycles. The zero-order valence-corrected chi connectivity index (χ0v) is 23.2. The van der Waals surface area contributed by atoms with Gasteiger partial charge in [-0.05, 0) is 45.0 Å². The van der Waals surface area contributed by atoms with Gasteiger partial charge in [-0.1, -0.05) is 11.6 Å². The first-order chi connectivity index (χ1) is 19.8. The van der Waals surface area contributed by atoms with Gasteiger partial charge in [-0.3, -0.25) is 10.00 Å². The number of fused-ring (bicyclic) bond motifs is 1. The Bertz CT molecular complexity index is 1390. The number of anilines is 2. The minimum Gasteiger partial charge on any atom is -0.492 e. The Kier molecular flexibility index (Phi) is 9.55. The molecule has 17 heteroatoms. The van der Waals surface area contributed by atoms with Gasteiger partial charge < -0.3 is 19.6 Å². The van der Waals surface area contributed by atoms with Gasteiger partial charge in [-0.15, -0.1) is 0 Å². The molecule has 230 valence electrons. The van der Waals surface area contributed by atoms with E-state index in [-0.39, 0.29) is 16.9 Å². The zero-order valence-electron chi connectivity index (χ0n) is 22.4. The second kappa shape index (κ2) is 12.8. The lowest BCUT2D eigenvalue weighted by molar-refractivity contribution is -0.192. The van der Waals surface area contributed by atoms with Crippen molar-refractivity contribution in [3.05, 3.63) is 34.7 Å². The first-order valence-electron chi connectivity index (χ1n) is 13.0. The van der Waals surface area contributed by atoms with Gasteiger partial charge in [0.1, 0.15) is 24.5 Å². The van der Waals surface area contributed by atoms with Crippen LogP contribution in [0.15, 0.2) is 18.5 Å². The molecule has 0 atom stereocenters. The maximum atomic E-state index is 13.5. The van der Waals surface area contributed by atoms with Crippen LogP contribution in [0.4, 0.5) is 37.8 Å². The molecule has 3 aromatic rings. The molecule has 10 nitrogen and oxygen atoms in total. The number of nitrogens with zero attached hydrogens (tertiary/aromatic N) is 6. The fraction of sp³-hybridized carbons (Fsp3) is 0.520. The molecule has 2 aliphatic heterocycles. The van der Waals surface area contributed by atoms with E-state index in [1.54, 1.807) is 0 Å². The van der Waals surface area contributed by atoms with E-state index in [9.17, 15) is 26.3 Å². The highest BCUT2D eigenvalue weighted by Gasteiger charge is 2.39. The van der Waals surface area contributed by atoms with Crippen LogP contribution in [0, 0.1) is 6.92 Å². The van der Waals surface area contributed by atoms with Crippen LogP contribution in [0.3, 0.4) is 0 Å². The number of carboxylic acid groups (broad SMARTS) is 1. The number of aromatic amines is 1. The average Bonchev–Trinajstić information content (AvgIpc) is 3.60. The third-order valence-electron chi connectivity index (χ3n) is 6.94. The summed E-state index contributed by atoms with van der Waals surface area (Å²) in [6.45, 7) is 7.92. The molecule has 2 saturated heterocycles. The molecule has 2 aliphatic rings. The number of likely N-dealkylation sites (tertiary alicyclic amines) is 1. The predicted molar refractivity (Wildman–Crippen MR) is 142 cm³/mol. The molecule has 0 unspecified atom stereocenters. The Balaban J connectivity index is 0.000000517. The highest BCUT2D eigenvalue weighted by atomic mass is 35.5. The van der Waals surface area contributed by atoms with Gasteiger partial charge in [0.05, 0.1) is 5.39 Å². The van der Waals surface area contributed by atoms with Crippen molar-refractivity contribution in [2.24, 2.45) is 0 Å². The molecule has 0 aliphatic carbocycles. The maximum Gasteiger partial charge on any atom is 0.490 e. The Morgan fingerprint density at radius 1 is 1.02 bits per heavy atom. The smallest absolute Gasteiger partial charge is 0.490 e. The van der Waals surface area contributed by atoms with Crippen molar-refractivity contribution in [1.29, 1.82) is 0 Å². The monoisotopic (exact) mass is 623 g/mol. The van der Waals surface area contributed by atoms with Crippen LogP contribution in [0.2, 0.25) is 5.02 Å². The van der Waals surface area contributed by atoms with Crippen molar-refractivity contribution in [2.45, 2.75) is 32.1 Å². The molecular weight excluding hydrogens is 596 g/mol. The number of benzene rings is 1. The summed E-state index contributed by atoms with van der Waals surface area (Å²) in [5, 5.41) is 13.4. The van der Waals surface area contributed by atoms with Gasteiger partial charge in [0.15, 0.2) is 11.3 Å². The number of aliphatic carboxylic acids is 1. The van der Waals surface area contributed by atoms with E-state index >= 15 is 0 Å². The SMILES string of the molecule is Cc1c(OCCN2CCCC2)cc(Cl)cc1N1CCN(c2ncnc3n[nH]c(C(F)(F)F)c23)CC1.O=C(O)C(F)(F)F. The topological polar surface area (TPSA) is 111 Å². The lowest BCUT2D eigenvalue weighted by atomic mass is 10.1. The van der Waals surface area contributed by atoms with Crippen molar-refractivity contribution in [3.63, 3.8) is 0 Å². The minimum atomic E-state index is -5.08. The van der Waals surface area contributed by atoms with Crippen molar-refractivity contribution in [1.82, 2.24) is 25.1 Å². The predicted octanol–water partition coefficient (Wildman–Crippen LogP) is 4.77. The number of alkyl halides is 6. The molecule has 5 rings (SSSR count). The van der Waals surface area contributed by atoms with E-state index in [0.29, 0.717) is 37.8 Å². The lowest BCUT2D eigenvalue weighted by Gasteiger charge is -2.37. The van der Waals surface area contributed by atoms with Gasteiger partial charge >= 0.3 is 18.3 Å². The Hall–Kier alpha value is -3.53. The molecule has 0 amide bonds. The van der Waals surface area contributed by atoms with Crippen molar-refractivity contribution in [2.75, 3.05) is 62.2 Å². The van der Waals surface area contributed by atoms with Gasteiger partial charge in [0.25, 0.3) is 0 Å². The van der Waals surface area contributed by atoms with Crippen LogP contribution in [0.5, 0.6) is 5.75 Å². The molecule has 0 bridgehead atoms. The number of hydrogen-bond acceptors (Lipinski definition) is 8. The highest BCUT2D eigenvalue weighted by molar-refractivity contribution is 6.31. The Morgan fingerprint density at radius 2 is 1.64 bits per heavy atom. The molecule has 2 N–H and O–H groups in total. The summed E-state index contributed by atoms with van der Waals surface area (Å²) in [6.07, 6.45) is -5.92. The fourth-order valence-corrected chi connectivity index (χ4v) is 5.06. The summed E-state index contributed by atoms with van der Waals surface area (Å²) < 4.78 is 78.3. The number of hydrogen-bond donors (Lipinski definition) is 2. The number of carboxylic acids is 1. The number of ether oxygens (including phenoxy) is 1. The van der Waals surface area contributed by atoms with Crippen LogP contribution >= 0.6 is 11.6 Å². The molecule has 0 spiro atoms. The zero-order chi connectivity index (χ0) is 30.7. The van der Waals surface area contributed by atoms with E-state index < -0.39 is 24.0 Å². The van der Waals surface area contributed by atoms with E-state index in [1.165, 1.54) is 19.2 Å². The number of H-pyrrole nitrogens is 1. The average molecular weight is 624 g/mol. The largest absolute Gasteiger partial charge is 0.492 e. The second-order valence-corrected chi connectivity index (χ2v) is 10.2. The van der Waals surface area contributed by atoms with Crippen LogP contribution < -0.4 is 14.5 Å². The van der Waals surface area contributed by atoms with Gasteiger partial charge in [-0.25, -0.2) is 14.8 Å². The molecule has 1 aromatic carbocycles. The number of halogens is 7. The number of carbonyl (C=O) groups is 1. The number of aromatic nitrogens is 4. The van der Waals surface area contributed by atoms with Gasteiger partial charge in [0, 0.05) is 49.0 Å². The van der Waals surface area contributed by atoms with Crippen molar-refractivity contribution in [3.8, 4) is 5.75 Å². The second-order valence-electron chi connectivity index (χ2n) is 9.71. The van der Waals surface area contributed by atoms with Crippen LogP contribution in [-0.4, -0.2) is 94.7 Å². The first-order valence-corrected chi connectivity index (χ1v) is 13.3. The number of nitrogens with one attached hydrogen (secondary N) is 1. The molecule has 4 heterocycles. The minimum absolute atomic E-state index is 0.00570. The summed E-state index contributed by atoms with van der Waals surface area (Å²) in [5.41, 5.74) is 1.06. The summed E-state index contributed by atoms with van der Waals surface area (Å²) in [7, 11) is 0. The molecule has 0 radical (unpaired) electrons. The fourth-order valence-electron chi connectivity index (χ4n) is 4.85.